The molecule has 0 spiro atoms. The van der Waals surface area contributed by atoms with Gasteiger partial charge in [0.2, 0.25) is 29.3 Å². The van der Waals surface area contributed by atoms with Crippen LogP contribution >= 0.6 is 0 Å². The maximum absolute atomic E-state index is 14.7. The van der Waals surface area contributed by atoms with E-state index >= 15 is 0 Å². The number of carbonyl (C=O) groups excluding carboxylic acids is 7. The molecule has 13 heteroatoms. The van der Waals surface area contributed by atoms with Crippen LogP contribution in [0.1, 0.15) is 137 Å². The minimum absolute atomic E-state index is 0.0764. The van der Waals surface area contributed by atoms with Crippen LogP contribution in [0.3, 0.4) is 0 Å². The summed E-state index contributed by atoms with van der Waals surface area (Å²) >= 11 is 0. The molecule has 1 aromatic heterocycles. The van der Waals surface area contributed by atoms with Gasteiger partial charge in [-0.15, -0.1) is 0 Å². The van der Waals surface area contributed by atoms with Crippen LogP contribution in [0.25, 0.3) is 0 Å². The number of Topliss-reactive ketones (excluding diaryl/α,β-unsaturated/α-hetero) is 3. The molecule has 0 radical (unpaired) electrons. The number of piperidine rings is 1. The fourth-order valence-electron chi connectivity index (χ4n) is 9.20. The van der Waals surface area contributed by atoms with E-state index < -0.39 is 58.5 Å². The number of nitrogens with zero attached hydrogens (tertiary/aromatic N) is 1. The lowest BCUT2D eigenvalue weighted by molar-refractivity contribution is -0.148. The smallest absolute Gasteiger partial charge is 0.269 e. The van der Waals surface area contributed by atoms with Crippen molar-refractivity contribution in [2.24, 2.45) is 17.3 Å². The summed E-state index contributed by atoms with van der Waals surface area (Å²) in [6, 6.07) is -3.61. The zero-order valence-corrected chi connectivity index (χ0v) is 31.7. The van der Waals surface area contributed by atoms with Crippen molar-refractivity contribution in [1.29, 1.82) is 0 Å². The van der Waals surface area contributed by atoms with E-state index in [0.717, 1.165) is 57.8 Å². The third-order valence-corrected chi connectivity index (χ3v) is 12.4. The molecule has 4 saturated carbocycles. The Bertz CT molecular complexity index is 1650. The summed E-state index contributed by atoms with van der Waals surface area (Å²) in [5.41, 5.74) is -0.367. The van der Waals surface area contributed by atoms with E-state index in [9.17, 15) is 33.6 Å². The summed E-state index contributed by atoms with van der Waals surface area (Å²) in [6.07, 6.45) is 8.58. The molecule has 6 atom stereocenters. The van der Waals surface area contributed by atoms with Gasteiger partial charge in [-0.2, -0.15) is 0 Å². The standard InChI is InChI=1S/C39H56N6O7/c1-8-26(39(32(47)33(39)48)44-24-15-16-24)41-36(51)30-23-14-17-25(18-23)45(30)37(52)31(38(5,6)7)43-34(49)28(22-12-10-9-11-13-22)42-35(50)29-27(21(4)46)19(2)20(3)40-29/h22-26,28,30-31,40,44H,8-18H2,1-7H3,(H,41,51)(H,42,50)(H,43,49)/t23-,25-,26+,28+,30+,31-/m1/s1. The van der Waals surface area contributed by atoms with Crippen molar-refractivity contribution < 1.29 is 33.6 Å². The highest BCUT2D eigenvalue weighted by atomic mass is 16.2. The SMILES string of the molecule is CC[C@H](NC(=O)[C@@H]1[C@@H]2CC[C@H](C2)N1C(=O)[C@@H](NC(=O)[C@@H](NC(=O)c1[nH]c(C)c(C)c1C(C)=O)C1CCCCC1)C(C)(C)C)C1(NC2CC2)C(=O)C1=O. The minimum Gasteiger partial charge on any atom is -0.354 e. The van der Waals surface area contributed by atoms with Gasteiger partial charge in [0.25, 0.3) is 5.91 Å². The zero-order chi connectivity index (χ0) is 37.9. The van der Waals surface area contributed by atoms with Gasteiger partial charge >= 0.3 is 0 Å². The fourth-order valence-corrected chi connectivity index (χ4v) is 9.20. The van der Waals surface area contributed by atoms with Crippen molar-refractivity contribution in [3.05, 3.63) is 22.5 Å². The Morgan fingerprint density at radius 3 is 2.12 bits per heavy atom. The zero-order valence-electron chi connectivity index (χ0n) is 31.7. The molecule has 5 fully saturated rings. The molecular formula is C39H56N6O7. The van der Waals surface area contributed by atoms with E-state index in [1.165, 1.54) is 6.92 Å². The van der Waals surface area contributed by atoms with Crippen LogP contribution in [-0.2, 0) is 24.0 Å². The molecule has 1 saturated heterocycles. The molecule has 1 aliphatic heterocycles. The van der Waals surface area contributed by atoms with E-state index in [1.807, 2.05) is 27.7 Å². The van der Waals surface area contributed by atoms with Crippen LogP contribution < -0.4 is 21.3 Å². The molecule has 4 aliphatic carbocycles. The number of aryl methyl sites for hydroxylation is 1. The number of H-pyrrole nitrogens is 1. The van der Waals surface area contributed by atoms with E-state index in [0.29, 0.717) is 29.7 Å². The number of carbonyl (C=O) groups is 7. The lowest BCUT2D eigenvalue weighted by atomic mass is 9.81. The summed E-state index contributed by atoms with van der Waals surface area (Å²) in [5, 5.41) is 12.2. The fraction of sp³-hybridized carbons (Fsp3) is 0.718. The number of aromatic amines is 1. The van der Waals surface area contributed by atoms with E-state index in [4.69, 9.17) is 0 Å². The Labute approximate surface area is 305 Å². The number of likely N-dealkylation sites (tertiary alicyclic amines) is 1. The van der Waals surface area contributed by atoms with Crippen LogP contribution in [0.2, 0.25) is 0 Å². The predicted octanol–water partition coefficient (Wildman–Crippen LogP) is 2.96. The molecule has 13 nitrogen and oxygen atoms in total. The number of hydrogen-bond donors (Lipinski definition) is 5. The maximum Gasteiger partial charge on any atom is 0.269 e. The number of rotatable bonds is 13. The first-order valence-electron chi connectivity index (χ1n) is 19.3. The molecule has 0 unspecified atom stereocenters. The van der Waals surface area contributed by atoms with Gasteiger partial charge in [0.1, 0.15) is 23.8 Å². The first-order valence-corrected chi connectivity index (χ1v) is 19.3. The van der Waals surface area contributed by atoms with Gasteiger partial charge in [-0.05, 0) is 95.0 Å². The van der Waals surface area contributed by atoms with Gasteiger partial charge in [-0.25, -0.2) is 0 Å². The largest absolute Gasteiger partial charge is 0.354 e. The lowest BCUT2D eigenvalue weighted by Gasteiger charge is -2.41. The van der Waals surface area contributed by atoms with Gasteiger partial charge in [0.05, 0.1) is 11.6 Å². The number of amides is 4. The Hall–Kier alpha value is -3.87. The van der Waals surface area contributed by atoms with Gasteiger partial charge < -0.3 is 25.8 Å². The Morgan fingerprint density at radius 2 is 1.56 bits per heavy atom. The molecule has 5 aliphatic rings. The maximum atomic E-state index is 14.7. The number of ketones is 3. The van der Waals surface area contributed by atoms with Gasteiger partial charge in [-0.1, -0.05) is 47.0 Å². The van der Waals surface area contributed by atoms with Gasteiger partial charge in [-0.3, -0.25) is 38.9 Å². The van der Waals surface area contributed by atoms with Crippen LogP contribution in [0.15, 0.2) is 0 Å². The summed E-state index contributed by atoms with van der Waals surface area (Å²) in [6.45, 7) is 12.4. The van der Waals surface area contributed by atoms with Crippen molar-refractivity contribution in [2.45, 2.75) is 161 Å². The molecule has 0 aromatic carbocycles. The predicted molar refractivity (Wildman–Crippen MR) is 192 cm³/mol. The second-order valence-corrected chi connectivity index (χ2v) is 17.1. The number of hydrogen-bond acceptors (Lipinski definition) is 8. The van der Waals surface area contributed by atoms with E-state index in [2.05, 4.69) is 26.3 Å². The van der Waals surface area contributed by atoms with Crippen molar-refractivity contribution in [3.63, 3.8) is 0 Å². The molecule has 6 rings (SSSR count). The Morgan fingerprint density at radius 1 is 0.904 bits per heavy atom. The molecular weight excluding hydrogens is 664 g/mol. The van der Waals surface area contributed by atoms with Crippen LogP contribution in [0.5, 0.6) is 0 Å². The highest BCUT2D eigenvalue weighted by molar-refractivity contribution is 6.67. The van der Waals surface area contributed by atoms with Gasteiger partial charge in [0.15, 0.2) is 11.3 Å². The lowest BCUT2D eigenvalue weighted by Crippen LogP contribution is -2.64. The molecule has 52 heavy (non-hydrogen) atoms. The highest BCUT2D eigenvalue weighted by Crippen LogP contribution is 2.44. The molecule has 4 amide bonds. The average Bonchev–Trinajstić information content (AvgIpc) is 3.79. The number of nitrogens with one attached hydrogen (secondary N) is 5. The van der Waals surface area contributed by atoms with Gasteiger partial charge in [0, 0.05) is 17.8 Å². The second-order valence-electron chi connectivity index (χ2n) is 17.1. The molecule has 2 bridgehead atoms. The van der Waals surface area contributed by atoms with Crippen LogP contribution in [0.4, 0.5) is 0 Å². The minimum atomic E-state index is -1.40. The molecule has 1 aromatic rings. The molecule has 2 heterocycles. The summed E-state index contributed by atoms with van der Waals surface area (Å²) < 4.78 is 0. The van der Waals surface area contributed by atoms with E-state index in [-0.39, 0.29) is 47.2 Å². The van der Waals surface area contributed by atoms with E-state index in [1.54, 1.807) is 18.7 Å². The third-order valence-electron chi connectivity index (χ3n) is 12.4. The monoisotopic (exact) mass is 720 g/mol. The van der Waals surface area contributed by atoms with Crippen molar-refractivity contribution in [3.8, 4) is 0 Å². The number of aromatic nitrogens is 1. The van der Waals surface area contributed by atoms with Crippen LogP contribution in [-0.4, -0.2) is 92.7 Å². The van der Waals surface area contributed by atoms with Crippen molar-refractivity contribution >= 4 is 41.0 Å². The Kier molecular flexibility index (Phi) is 10.3. The molecule has 284 valence electrons. The summed E-state index contributed by atoms with van der Waals surface area (Å²) in [4.78, 5) is 99.6. The van der Waals surface area contributed by atoms with Crippen molar-refractivity contribution in [1.82, 2.24) is 31.2 Å². The molecule has 5 N–H and O–H groups in total. The quantitative estimate of drug-likeness (QED) is 0.117. The average molecular weight is 721 g/mol. The third kappa shape index (κ3) is 6.85. The first-order chi connectivity index (χ1) is 24.5. The van der Waals surface area contributed by atoms with Crippen molar-refractivity contribution in [2.75, 3.05) is 0 Å². The highest BCUT2D eigenvalue weighted by Gasteiger charge is 2.71. The van der Waals surface area contributed by atoms with Crippen LogP contribution in [0, 0.1) is 31.1 Å². The normalized spacial score (nSPS) is 25.8. The summed E-state index contributed by atoms with van der Waals surface area (Å²) in [5.74, 6) is -3.31. The first kappa shape index (κ1) is 37.9. The Balaban J connectivity index is 1.23. The topological polar surface area (TPSA) is 187 Å². The second kappa shape index (κ2) is 14.2. The summed E-state index contributed by atoms with van der Waals surface area (Å²) in [7, 11) is 0. The number of fused-ring (bicyclic) bond motifs is 2.